The molecule has 0 aromatic carbocycles. The monoisotopic (exact) mass is 255 g/mol. The number of rotatable bonds is 3. The van der Waals surface area contributed by atoms with E-state index in [1.54, 1.807) is 19.9 Å². The van der Waals surface area contributed by atoms with E-state index in [2.05, 4.69) is 15.3 Å². The van der Waals surface area contributed by atoms with Crippen LogP contribution in [0, 0.1) is 13.8 Å². The second-order valence-corrected chi connectivity index (χ2v) is 6.44. The summed E-state index contributed by atoms with van der Waals surface area (Å²) in [7, 11) is -3.37. The minimum atomic E-state index is -3.37. The summed E-state index contributed by atoms with van der Waals surface area (Å²) < 4.78 is 24.3. The minimum absolute atomic E-state index is 0.0382. The molecule has 1 aromatic heterocycles. The lowest BCUT2D eigenvalue weighted by molar-refractivity contribution is 0.567. The quantitative estimate of drug-likeness (QED) is 0.802. The Morgan fingerprint density at radius 1 is 1.35 bits per heavy atom. The van der Waals surface area contributed by atoms with Gasteiger partial charge in [-0.15, -0.1) is 0 Å². The van der Waals surface area contributed by atoms with Crippen LogP contribution in [0.5, 0.6) is 0 Å². The normalized spacial score (nSPS) is 20.7. The first kappa shape index (κ1) is 12.4. The molecule has 17 heavy (non-hydrogen) atoms. The number of nitrogens with one attached hydrogen (secondary N) is 1. The molecule has 0 spiro atoms. The lowest BCUT2D eigenvalue weighted by Crippen LogP contribution is -2.30. The van der Waals surface area contributed by atoms with Crippen molar-refractivity contribution in [3.8, 4) is 0 Å². The van der Waals surface area contributed by atoms with Crippen molar-refractivity contribution in [3.63, 3.8) is 0 Å². The van der Waals surface area contributed by atoms with Crippen LogP contribution in [0.25, 0.3) is 0 Å². The van der Waals surface area contributed by atoms with Gasteiger partial charge in [-0.3, -0.25) is 0 Å². The first-order valence-corrected chi connectivity index (χ1v) is 7.41. The highest BCUT2D eigenvalue weighted by atomic mass is 32.2. The van der Waals surface area contributed by atoms with Crippen LogP contribution in [0.1, 0.15) is 24.2 Å². The van der Waals surface area contributed by atoms with E-state index < -0.39 is 9.84 Å². The average Bonchev–Trinajstić information content (AvgIpc) is 2.68. The van der Waals surface area contributed by atoms with E-state index in [1.807, 2.05) is 0 Å². The fourth-order valence-corrected chi connectivity index (χ4v) is 3.60. The number of nitrogens with zero attached hydrogens (tertiary/aromatic N) is 2. The predicted molar refractivity (Wildman–Crippen MR) is 64.6 cm³/mol. The first-order valence-electron chi connectivity index (χ1n) is 5.76. The summed E-state index contributed by atoms with van der Waals surface area (Å²) >= 11 is 0. The molecule has 1 saturated heterocycles. The third kappa shape index (κ3) is 3.01. The molecule has 1 unspecified atom stereocenters. The molecular weight excluding hydrogens is 238 g/mol. The Hall–Kier alpha value is -1.01. The molecule has 1 atom stereocenters. The number of aryl methyl sites for hydroxylation is 2. The van der Waals surface area contributed by atoms with E-state index in [-0.39, 0.29) is 17.0 Å². The summed E-state index contributed by atoms with van der Waals surface area (Å²) in [5.74, 6) is 0.0931. The molecular formula is C11H17N3O2S. The van der Waals surface area contributed by atoms with Crippen LogP contribution < -0.4 is 5.32 Å². The van der Waals surface area contributed by atoms with Gasteiger partial charge < -0.3 is 5.32 Å². The van der Waals surface area contributed by atoms with Crippen LogP contribution in [0.4, 0.5) is 0 Å². The van der Waals surface area contributed by atoms with Crippen molar-refractivity contribution in [2.45, 2.75) is 37.9 Å². The zero-order valence-electron chi connectivity index (χ0n) is 10.1. The van der Waals surface area contributed by atoms with Gasteiger partial charge in [0.1, 0.15) is 0 Å². The maximum absolute atomic E-state index is 12.1. The van der Waals surface area contributed by atoms with Crippen LogP contribution >= 0.6 is 0 Å². The smallest absolute Gasteiger partial charge is 0.247 e. The molecule has 0 radical (unpaired) electrons. The van der Waals surface area contributed by atoms with Crippen molar-refractivity contribution in [1.82, 2.24) is 15.3 Å². The number of hydrogen-bond donors (Lipinski definition) is 1. The van der Waals surface area contributed by atoms with Crippen LogP contribution in [0.15, 0.2) is 11.2 Å². The number of hydrogen-bond acceptors (Lipinski definition) is 5. The zero-order valence-corrected chi connectivity index (χ0v) is 10.9. The van der Waals surface area contributed by atoms with Crippen molar-refractivity contribution < 1.29 is 8.42 Å². The molecule has 1 aliphatic heterocycles. The fraction of sp³-hybridized carbons (Fsp3) is 0.636. The Balaban J connectivity index is 2.24. The molecule has 5 nitrogen and oxygen atoms in total. The number of sulfone groups is 1. The third-order valence-corrected chi connectivity index (χ3v) is 4.40. The molecule has 2 heterocycles. The summed E-state index contributed by atoms with van der Waals surface area (Å²) in [6.45, 7) is 4.46. The minimum Gasteiger partial charge on any atom is -0.313 e. The van der Waals surface area contributed by atoms with E-state index in [4.69, 9.17) is 0 Å². The Labute approximate surface area is 102 Å². The Morgan fingerprint density at radius 3 is 2.53 bits per heavy atom. The molecule has 0 bridgehead atoms. The summed E-state index contributed by atoms with van der Waals surface area (Å²) in [5, 5.41) is 3.14. The number of aromatic nitrogens is 2. The lowest BCUT2D eigenvalue weighted by Gasteiger charge is -2.10. The predicted octanol–water partition coefficient (Wildman–Crippen LogP) is 0.619. The average molecular weight is 255 g/mol. The molecule has 1 fully saturated rings. The highest BCUT2D eigenvalue weighted by Crippen LogP contribution is 2.13. The van der Waals surface area contributed by atoms with Crippen molar-refractivity contribution in [3.05, 3.63) is 17.5 Å². The molecule has 0 saturated carbocycles. The van der Waals surface area contributed by atoms with Crippen molar-refractivity contribution in [1.29, 1.82) is 0 Å². The molecule has 1 aliphatic rings. The summed E-state index contributed by atoms with van der Waals surface area (Å²) in [6.07, 6.45) is 1.94. The Bertz CT molecular complexity index is 487. The molecule has 1 N–H and O–H groups in total. The van der Waals surface area contributed by atoms with Crippen LogP contribution in [-0.4, -0.2) is 36.7 Å². The molecule has 1 aromatic rings. The maximum Gasteiger partial charge on any atom is 0.247 e. The van der Waals surface area contributed by atoms with Gasteiger partial charge >= 0.3 is 0 Å². The lowest BCUT2D eigenvalue weighted by atomic mass is 10.3. The van der Waals surface area contributed by atoms with Crippen molar-refractivity contribution in [2.24, 2.45) is 0 Å². The van der Waals surface area contributed by atoms with E-state index in [0.717, 1.165) is 19.4 Å². The van der Waals surface area contributed by atoms with Gasteiger partial charge in [-0.25, -0.2) is 18.4 Å². The summed E-state index contributed by atoms with van der Waals surface area (Å²) in [4.78, 5) is 8.04. The van der Waals surface area contributed by atoms with Gasteiger partial charge in [-0.2, -0.15) is 0 Å². The van der Waals surface area contributed by atoms with Gasteiger partial charge in [-0.05, 0) is 39.3 Å². The molecule has 0 amide bonds. The second-order valence-electron chi connectivity index (χ2n) is 4.51. The standard InChI is InChI=1S/C11H17N3O2S/c1-8-6-9(2)14-11(13-8)17(15,16)7-10-4-3-5-12-10/h6,10,12H,3-5,7H2,1-2H3. The highest BCUT2D eigenvalue weighted by molar-refractivity contribution is 7.91. The van der Waals surface area contributed by atoms with Crippen molar-refractivity contribution >= 4 is 9.84 Å². The SMILES string of the molecule is Cc1cc(C)nc(S(=O)(=O)CC2CCCN2)n1. The first-order chi connectivity index (χ1) is 7.97. The van der Waals surface area contributed by atoms with Gasteiger partial charge in [0.25, 0.3) is 0 Å². The topological polar surface area (TPSA) is 72.0 Å². The second kappa shape index (κ2) is 4.70. The highest BCUT2D eigenvalue weighted by Gasteiger charge is 2.26. The van der Waals surface area contributed by atoms with Gasteiger partial charge in [0, 0.05) is 17.4 Å². The van der Waals surface area contributed by atoms with Crippen LogP contribution in [0.2, 0.25) is 0 Å². The van der Waals surface area contributed by atoms with Gasteiger partial charge in [-0.1, -0.05) is 0 Å². The Kier molecular flexibility index (Phi) is 3.44. The Morgan fingerprint density at radius 2 is 2.00 bits per heavy atom. The van der Waals surface area contributed by atoms with E-state index in [1.165, 1.54) is 0 Å². The van der Waals surface area contributed by atoms with Gasteiger partial charge in [0.05, 0.1) is 5.75 Å². The third-order valence-electron chi connectivity index (χ3n) is 2.82. The molecule has 6 heteroatoms. The van der Waals surface area contributed by atoms with Gasteiger partial charge in [0.15, 0.2) is 0 Å². The molecule has 2 rings (SSSR count). The molecule has 0 aliphatic carbocycles. The fourth-order valence-electron chi connectivity index (χ4n) is 2.07. The van der Waals surface area contributed by atoms with Crippen LogP contribution in [-0.2, 0) is 9.84 Å². The van der Waals surface area contributed by atoms with Crippen molar-refractivity contribution in [2.75, 3.05) is 12.3 Å². The van der Waals surface area contributed by atoms with Crippen LogP contribution in [0.3, 0.4) is 0 Å². The van der Waals surface area contributed by atoms with E-state index >= 15 is 0 Å². The zero-order chi connectivity index (χ0) is 12.5. The van der Waals surface area contributed by atoms with Gasteiger partial charge in [0.2, 0.25) is 15.0 Å². The summed E-state index contributed by atoms with van der Waals surface area (Å²) in [6, 6.07) is 1.82. The summed E-state index contributed by atoms with van der Waals surface area (Å²) in [5.41, 5.74) is 1.38. The van der Waals surface area contributed by atoms with E-state index in [9.17, 15) is 8.42 Å². The maximum atomic E-state index is 12.1. The largest absolute Gasteiger partial charge is 0.313 e. The van der Waals surface area contributed by atoms with E-state index in [0.29, 0.717) is 11.4 Å². The molecule has 94 valence electrons.